The third kappa shape index (κ3) is 5.82. The van der Waals surface area contributed by atoms with Gasteiger partial charge in [0.25, 0.3) is 0 Å². The number of amides is 2. The Morgan fingerprint density at radius 2 is 1.58 bits per heavy atom. The van der Waals surface area contributed by atoms with E-state index in [0.717, 1.165) is 35.9 Å². The molecule has 0 saturated heterocycles. The monoisotopic (exact) mass is 483 g/mol. The van der Waals surface area contributed by atoms with Gasteiger partial charge in [-0.2, -0.15) is 0 Å². The van der Waals surface area contributed by atoms with E-state index in [1.54, 1.807) is 17.0 Å². The number of para-hydroxylation sites is 1. The molecule has 1 N–H and O–H groups in total. The first-order valence-corrected chi connectivity index (χ1v) is 12.5. The van der Waals surface area contributed by atoms with Crippen molar-refractivity contribution < 1.29 is 14.0 Å². The van der Waals surface area contributed by atoms with Crippen molar-refractivity contribution in [1.29, 1.82) is 0 Å². The maximum absolute atomic E-state index is 13.6. The van der Waals surface area contributed by atoms with Crippen molar-refractivity contribution in [1.82, 2.24) is 14.8 Å². The van der Waals surface area contributed by atoms with Gasteiger partial charge in [-0.15, -0.1) is 0 Å². The van der Waals surface area contributed by atoms with Crippen molar-refractivity contribution in [2.75, 3.05) is 13.1 Å². The Bertz CT molecular complexity index is 1330. The van der Waals surface area contributed by atoms with Gasteiger partial charge in [-0.25, -0.2) is 4.39 Å². The van der Waals surface area contributed by atoms with E-state index < -0.39 is 0 Å². The summed E-state index contributed by atoms with van der Waals surface area (Å²) in [5, 5.41) is 1.17. The molecule has 0 spiro atoms. The maximum atomic E-state index is 13.6. The number of hydrogen-bond acceptors (Lipinski definition) is 2. The van der Waals surface area contributed by atoms with Crippen LogP contribution < -0.4 is 0 Å². The van der Waals surface area contributed by atoms with Crippen LogP contribution >= 0.6 is 0 Å². The zero-order valence-corrected chi connectivity index (χ0v) is 20.2. The molecule has 5 nitrogen and oxygen atoms in total. The van der Waals surface area contributed by atoms with Gasteiger partial charge in [0.2, 0.25) is 11.8 Å². The van der Waals surface area contributed by atoms with Crippen LogP contribution in [-0.4, -0.2) is 45.7 Å². The minimum absolute atomic E-state index is 0.0574. The molecule has 0 radical (unpaired) electrons. The van der Waals surface area contributed by atoms with Crippen LogP contribution in [0.4, 0.5) is 4.39 Å². The summed E-state index contributed by atoms with van der Waals surface area (Å²) in [5.74, 6) is -0.473. The fraction of sp³-hybridized carbons (Fsp3) is 0.267. The third-order valence-corrected chi connectivity index (χ3v) is 6.78. The molecular weight excluding hydrogens is 453 g/mol. The summed E-state index contributed by atoms with van der Waals surface area (Å²) in [6, 6.07) is 24.2. The molecule has 0 bridgehead atoms. The second-order valence-corrected chi connectivity index (χ2v) is 9.47. The van der Waals surface area contributed by atoms with Gasteiger partial charge in [-0.05, 0) is 54.2 Å². The van der Waals surface area contributed by atoms with E-state index in [1.165, 1.54) is 23.1 Å². The number of nitrogens with one attached hydrogen (secondary N) is 1. The number of fused-ring (bicyclic) bond motifs is 1. The van der Waals surface area contributed by atoms with Crippen LogP contribution in [0.1, 0.15) is 29.5 Å². The number of rotatable bonds is 10. The van der Waals surface area contributed by atoms with Gasteiger partial charge >= 0.3 is 0 Å². The van der Waals surface area contributed by atoms with Gasteiger partial charge in [0, 0.05) is 36.2 Å². The zero-order chi connectivity index (χ0) is 24.9. The minimum atomic E-state index is -0.327. The fourth-order valence-electron chi connectivity index (χ4n) is 4.62. The first-order valence-electron chi connectivity index (χ1n) is 12.5. The van der Waals surface area contributed by atoms with E-state index in [0.29, 0.717) is 13.1 Å². The first kappa shape index (κ1) is 23.8. The molecule has 0 aliphatic heterocycles. The van der Waals surface area contributed by atoms with Crippen LogP contribution in [0, 0.1) is 5.82 Å². The molecule has 1 fully saturated rings. The van der Waals surface area contributed by atoms with E-state index in [2.05, 4.69) is 11.1 Å². The van der Waals surface area contributed by atoms with E-state index in [9.17, 15) is 14.0 Å². The topological polar surface area (TPSA) is 56.4 Å². The van der Waals surface area contributed by atoms with Crippen molar-refractivity contribution in [3.05, 3.63) is 108 Å². The number of aromatic nitrogens is 1. The summed E-state index contributed by atoms with van der Waals surface area (Å²) in [7, 11) is 0. The summed E-state index contributed by atoms with van der Waals surface area (Å²) < 4.78 is 13.3. The molecule has 36 heavy (non-hydrogen) atoms. The molecule has 1 saturated carbocycles. The lowest BCUT2D eigenvalue weighted by molar-refractivity contribution is -0.141. The Balaban J connectivity index is 1.30. The standard InChI is InChI=1S/C30H30FN3O2/c31-25-12-10-22(11-13-25)18-29(35)34(26-14-15-26)21-30(36)33(20-23-6-2-1-3-7-23)17-16-24-19-32-28-9-5-4-8-27(24)28/h1-13,19,26,32H,14-18,20-21H2. The van der Waals surface area contributed by atoms with Crippen LogP contribution in [0.2, 0.25) is 0 Å². The Hall–Kier alpha value is -3.93. The van der Waals surface area contributed by atoms with Crippen LogP contribution in [0.25, 0.3) is 10.9 Å². The van der Waals surface area contributed by atoms with Crippen molar-refractivity contribution in [3.63, 3.8) is 0 Å². The number of H-pyrrole nitrogens is 1. The highest BCUT2D eigenvalue weighted by atomic mass is 19.1. The molecule has 1 aliphatic rings. The van der Waals surface area contributed by atoms with Gasteiger partial charge in [0.15, 0.2) is 0 Å². The van der Waals surface area contributed by atoms with Crippen LogP contribution in [0.5, 0.6) is 0 Å². The number of nitrogens with zero attached hydrogens (tertiary/aromatic N) is 2. The number of carbonyl (C=O) groups is 2. The molecule has 6 heteroatoms. The number of hydrogen-bond donors (Lipinski definition) is 1. The molecule has 5 rings (SSSR count). The van der Waals surface area contributed by atoms with E-state index in [4.69, 9.17) is 0 Å². The summed E-state index contributed by atoms with van der Waals surface area (Å²) in [6.07, 6.45) is 4.72. The Morgan fingerprint density at radius 1 is 0.861 bits per heavy atom. The second-order valence-electron chi connectivity index (χ2n) is 9.47. The lowest BCUT2D eigenvalue weighted by Crippen LogP contribution is -2.44. The van der Waals surface area contributed by atoms with E-state index in [-0.39, 0.29) is 36.6 Å². The minimum Gasteiger partial charge on any atom is -0.361 e. The van der Waals surface area contributed by atoms with Gasteiger partial charge < -0.3 is 14.8 Å². The largest absolute Gasteiger partial charge is 0.361 e. The predicted molar refractivity (Wildman–Crippen MR) is 139 cm³/mol. The number of benzene rings is 3. The lowest BCUT2D eigenvalue weighted by atomic mass is 10.1. The van der Waals surface area contributed by atoms with Crippen molar-refractivity contribution in [2.45, 2.75) is 38.3 Å². The highest BCUT2D eigenvalue weighted by Crippen LogP contribution is 2.28. The maximum Gasteiger partial charge on any atom is 0.242 e. The van der Waals surface area contributed by atoms with Crippen molar-refractivity contribution in [2.24, 2.45) is 0 Å². The normalized spacial score (nSPS) is 13.0. The quantitative estimate of drug-likeness (QED) is 0.341. The van der Waals surface area contributed by atoms with Crippen molar-refractivity contribution in [3.8, 4) is 0 Å². The molecule has 0 unspecified atom stereocenters. The summed E-state index contributed by atoms with van der Waals surface area (Å²) in [6.45, 7) is 1.11. The fourth-order valence-corrected chi connectivity index (χ4v) is 4.62. The molecule has 184 valence electrons. The third-order valence-electron chi connectivity index (χ3n) is 6.78. The molecule has 2 amide bonds. The van der Waals surface area contributed by atoms with Gasteiger partial charge in [0.05, 0.1) is 6.42 Å². The van der Waals surface area contributed by atoms with E-state index in [1.807, 2.05) is 59.6 Å². The number of carbonyl (C=O) groups excluding carboxylic acids is 2. The second kappa shape index (κ2) is 10.8. The summed E-state index contributed by atoms with van der Waals surface area (Å²) >= 11 is 0. The Kier molecular flexibility index (Phi) is 7.12. The van der Waals surface area contributed by atoms with Gasteiger partial charge in [-0.3, -0.25) is 9.59 Å². The molecule has 1 aliphatic carbocycles. The summed E-state index contributed by atoms with van der Waals surface area (Å²) in [5.41, 5.74) is 4.06. The molecule has 1 heterocycles. The molecule has 4 aromatic rings. The average Bonchev–Trinajstić information content (AvgIpc) is 3.66. The van der Waals surface area contributed by atoms with Gasteiger partial charge in [-0.1, -0.05) is 60.7 Å². The SMILES string of the molecule is O=C(CN(C(=O)Cc1ccc(F)cc1)C1CC1)N(CCc1c[nH]c2ccccc12)Cc1ccccc1. The van der Waals surface area contributed by atoms with Crippen LogP contribution in [0.3, 0.4) is 0 Å². The predicted octanol–water partition coefficient (Wildman–Crippen LogP) is 5.11. The highest BCUT2D eigenvalue weighted by molar-refractivity contribution is 5.87. The van der Waals surface area contributed by atoms with E-state index >= 15 is 0 Å². The highest BCUT2D eigenvalue weighted by Gasteiger charge is 2.34. The summed E-state index contributed by atoms with van der Waals surface area (Å²) in [4.78, 5) is 33.6. The zero-order valence-electron chi connectivity index (χ0n) is 20.2. The molecule has 3 aromatic carbocycles. The molecule has 1 aromatic heterocycles. The Labute approximate surface area is 210 Å². The molecular formula is C30H30FN3O2. The lowest BCUT2D eigenvalue weighted by Gasteiger charge is -2.28. The van der Waals surface area contributed by atoms with Crippen molar-refractivity contribution >= 4 is 22.7 Å². The molecule has 0 atom stereocenters. The van der Waals surface area contributed by atoms with Crippen LogP contribution in [0.15, 0.2) is 85.1 Å². The smallest absolute Gasteiger partial charge is 0.242 e. The average molecular weight is 484 g/mol. The number of aromatic amines is 1. The first-order chi connectivity index (χ1) is 17.6. The van der Waals surface area contributed by atoms with Crippen LogP contribution in [-0.2, 0) is 29.0 Å². The van der Waals surface area contributed by atoms with Gasteiger partial charge in [0.1, 0.15) is 12.4 Å². The Morgan fingerprint density at radius 3 is 2.33 bits per heavy atom. The number of halogens is 1.